The van der Waals surface area contributed by atoms with Crippen molar-refractivity contribution in [3.05, 3.63) is 65.0 Å². The first-order valence-corrected chi connectivity index (χ1v) is 7.77. The standard InChI is InChI=1S/C18H10F5N3O/c19-9-1-2-10(15(20)4-9)13-5-11-8(6-24-17(11)27)3-12(13)14-7-25-26-16(14)18(21,22)23/h1-5,7H,6H2,(H,24,27)(H,25,26). The van der Waals surface area contributed by atoms with Gasteiger partial charge in [-0.25, -0.2) is 8.78 Å². The Morgan fingerprint density at radius 2 is 1.67 bits per heavy atom. The maximum atomic E-state index is 14.4. The molecule has 0 fully saturated rings. The third kappa shape index (κ3) is 2.84. The van der Waals surface area contributed by atoms with Crippen LogP contribution in [-0.4, -0.2) is 16.1 Å². The number of aromatic amines is 1. The highest BCUT2D eigenvalue weighted by atomic mass is 19.4. The first-order valence-electron chi connectivity index (χ1n) is 7.77. The van der Waals surface area contributed by atoms with E-state index in [-0.39, 0.29) is 34.4 Å². The Kier molecular flexibility index (Phi) is 3.76. The van der Waals surface area contributed by atoms with Crippen molar-refractivity contribution >= 4 is 5.91 Å². The van der Waals surface area contributed by atoms with Gasteiger partial charge in [-0.1, -0.05) is 0 Å². The van der Waals surface area contributed by atoms with Crippen LogP contribution in [0.2, 0.25) is 0 Å². The fourth-order valence-electron chi connectivity index (χ4n) is 3.13. The minimum atomic E-state index is -4.71. The number of carbonyl (C=O) groups is 1. The van der Waals surface area contributed by atoms with Crippen LogP contribution in [0.15, 0.2) is 36.5 Å². The van der Waals surface area contributed by atoms with E-state index in [1.165, 1.54) is 12.1 Å². The molecule has 0 saturated carbocycles. The summed E-state index contributed by atoms with van der Waals surface area (Å²) in [5.41, 5.74) is -0.716. The number of amides is 1. The predicted molar refractivity (Wildman–Crippen MR) is 85.5 cm³/mol. The second-order valence-corrected chi connectivity index (χ2v) is 6.02. The zero-order valence-corrected chi connectivity index (χ0v) is 13.4. The SMILES string of the molecule is O=C1NCc2cc(-c3cn[nH]c3C(F)(F)F)c(-c3ccc(F)cc3F)cc21. The highest BCUT2D eigenvalue weighted by Gasteiger charge is 2.37. The molecule has 1 aliphatic heterocycles. The fraction of sp³-hybridized carbons (Fsp3) is 0.111. The van der Waals surface area contributed by atoms with Crippen LogP contribution in [0.5, 0.6) is 0 Å². The van der Waals surface area contributed by atoms with Crippen LogP contribution in [0.4, 0.5) is 22.0 Å². The smallest absolute Gasteiger partial charge is 0.348 e. The number of nitrogens with one attached hydrogen (secondary N) is 2. The average molecular weight is 379 g/mol. The van der Waals surface area contributed by atoms with Crippen molar-refractivity contribution in [2.24, 2.45) is 0 Å². The van der Waals surface area contributed by atoms with E-state index in [2.05, 4.69) is 10.4 Å². The Labute approximate surface area is 149 Å². The van der Waals surface area contributed by atoms with Gasteiger partial charge in [-0.2, -0.15) is 18.3 Å². The van der Waals surface area contributed by atoms with Gasteiger partial charge in [-0.3, -0.25) is 9.89 Å². The molecule has 4 rings (SSSR count). The van der Waals surface area contributed by atoms with Gasteiger partial charge in [0.15, 0.2) is 0 Å². The molecule has 2 aromatic carbocycles. The summed E-state index contributed by atoms with van der Waals surface area (Å²) < 4.78 is 67.6. The molecule has 0 saturated heterocycles. The number of H-pyrrole nitrogens is 1. The van der Waals surface area contributed by atoms with Crippen LogP contribution in [0.3, 0.4) is 0 Å². The van der Waals surface area contributed by atoms with Crippen molar-refractivity contribution in [1.29, 1.82) is 0 Å². The molecule has 1 aromatic heterocycles. The van der Waals surface area contributed by atoms with E-state index >= 15 is 0 Å². The minimum absolute atomic E-state index is 0.0372. The topological polar surface area (TPSA) is 57.8 Å². The molecule has 9 heteroatoms. The van der Waals surface area contributed by atoms with Gasteiger partial charge in [0, 0.05) is 29.3 Å². The van der Waals surface area contributed by atoms with Crippen molar-refractivity contribution in [3.8, 4) is 22.3 Å². The molecular formula is C18H10F5N3O. The van der Waals surface area contributed by atoms with Crippen molar-refractivity contribution in [2.45, 2.75) is 12.7 Å². The number of fused-ring (bicyclic) bond motifs is 1. The van der Waals surface area contributed by atoms with Crippen LogP contribution in [-0.2, 0) is 12.7 Å². The molecule has 27 heavy (non-hydrogen) atoms. The molecular weight excluding hydrogens is 369 g/mol. The van der Waals surface area contributed by atoms with Crippen molar-refractivity contribution in [1.82, 2.24) is 15.5 Å². The Morgan fingerprint density at radius 3 is 2.37 bits per heavy atom. The number of aromatic nitrogens is 2. The minimum Gasteiger partial charge on any atom is -0.348 e. The molecule has 0 bridgehead atoms. The molecule has 3 aromatic rings. The van der Waals surface area contributed by atoms with Crippen LogP contribution < -0.4 is 5.32 Å². The first-order chi connectivity index (χ1) is 12.8. The Morgan fingerprint density at radius 1 is 0.926 bits per heavy atom. The van der Waals surface area contributed by atoms with Gasteiger partial charge in [0.25, 0.3) is 5.91 Å². The van der Waals surface area contributed by atoms with Gasteiger partial charge < -0.3 is 5.32 Å². The second-order valence-electron chi connectivity index (χ2n) is 6.02. The van der Waals surface area contributed by atoms with Gasteiger partial charge in [-0.05, 0) is 41.0 Å². The quantitative estimate of drug-likeness (QED) is 0.653. The van der Waals surface area contributed by atoms with E-state index in [0.717, 1.165) is 18.3 Å². The van der Waals surface area contributed by atoms with Gasteiger partial charge in [0.1, 0.15) is 17.3 Å². The zero-order valence-electron chi connectivity index (χ0n) is 13.4. The Hall–Kier alpha value is -3.23. The molecule has 1 aliphatic rings. The van der Waals surface area contributed by atoms with Gasteiger partial charge in [0.2, 0.25) is 0 Å². The lowest BCUT2D eigenvalue weighted by atomic mass is 9.90. The van der Waals surface area contributed by atoms with Gasteiger partial charge in [-0.15, -0.1) is 0 Å². The van der Waals surface area contributed by atoms with Crippen molar-refractivity contribution in [2.75, 3.05) is 0 Å². The summed E-state index contributed by atoms with van der Waals surface area (Å²) in [4.78, 5) is 11.9. The number of halogens is 5. The maximum absolute atomic E-state index is 14.4. The molecule has 2 N–H and O–H groups in total. The van der Waals surface area contributed by atoms with Crippen molar-refractivity contribution in [3.63, 3.8) is 0 Å². The monoisotopic (exact) mass is 379 g/mol. The molecule has 2 heterocycles. The zero-order chi connectivity index (χ0) is 19.3. The van der Waals surface area contributed by atoms with E-state index in [4.69, 9.17) is 0 Å². The van der Waals surface area contributed by atoms with E-state index in [1.54, 1.807) is 0 Å². The van der Waals surface area contributed by atoms with E-state index in [9.17, 15) is 26.7 Å². The lowest BCUT2D eigenvalue weighted by Gasteiger charge is -2.14. The van der Waals surface area contributed by atoms with E-state index < -0.39 is 29.4 Å². The molecule has 0 spiro atoms. The number of rotatable bonds is 2. The Bertz CT molecular complexity index is 1070. The summed E-state index contributed by atoms with van der Waals surface area (Å²) in [5, 5.41) is 7.94. The van der Waals surface area contributed by atoms with Gasteiger partial charge >= 0.3 is 6.18 Å². The third-order valence-corrected chi connectivity index (χ3v) is 4.36. The number of nitrogens with zero attached hydrogens (tertiary/aromatic N) is 1. The van der Waals surface area contributed by atoms with Crippen LogP contribution in [0, 0.1) is 11.6 Å². The normalized spacial score (nSPS) is 13.6. The summed E-state index contributed by atoms with van der Waals surface area (Å²) in [6.45, 7) is 0.145. The summed E-state index contributed by atoms with van der Waals surface area (Å²) >= 11 is 0. The lowest BCUT2D eigenvalue weighted by Crippen LogP contribution is -2.12. The molecule has 4 nitrogen and oxygen atoms in total. The number of carbonyl (C=O) groups excluding carboxylic acids is 1. The third-order valence-electron chi connectivity index (χ3n) is 4.36. The molecule has 138 valence electrons. The molecule has 0 atom stereocenters. The van der Waals surface area contributed by atoms with E-state index in [1.807, 2.05) is 5.10 Å². The highest BCUT2D eigenvalue weighted by molar-refractivity contribution is 6.01. The highest BCUT2D eigenvalue weighted by Crippen LogP contribution is 2.42. The first kappa shape index (κ1) is 17.2. The number of hydrogen-bond acceptors (Lipinski definition) is 2. The van der Waals surface area contributed by atoms with E-state index in [0.29, 0.717) is 11.6 Å². The Balaban J connectivity index is 2.02. The van der Waals surface area contributed by atoms with Crippen LogP contribution in [0.25, 0.3) is 22.3 Å². The number of alkyl halides is 3. The van der Waals surface area contributed by atoms with Crippen LogP contribution in [0.1, 0.15) is 21.6 Å². The van der Waals surface area contributed by atoms with Crippen molar-refractivity contribution < 1.29 is 26.7 Å². The second kappa shape index (κ2) is 5.90. The predicted octanol–water partition coefficient (Wildman–Crippen LogP) is 4.28. The summed E-state index contributed by atoms with van der Waals surface area (Å²) in [5.74, 6) is -2.19. The fourth-order valence-corrected chi connectivity index (χ4v) is 3.13. The summed E-state index contributed by atoms with van der Waals surface area (Å²) in [7, 11) is 0. The molecule has 0 unspecified atom stereocenters. The van der Waals surface area contributed by atoms with Crippen LogP contribution >= 0.6 is 0 Å². The maximum Gasteiger partial charge on any atom is 0.433 e. The lowest BCUT2D eigenvalue weighted by molar-refractivity contribution is -0.140. The largest absolute Gasteiger partial charge is 0.433 e. The summed E-state index contributed by atoms with van der Waals surface area (Å²) in [6.07, 6.45) is -3.72. The molecule has 1 amide bonds. The van der Waals surface area contributed by atoms with Gasteiger partial charge in [0.05, 0.1) is 6.20 Å². The molecule has 0 radical (unpaired) electrons. The molecule has 0 aliphatic carbocycles. The number of hydrogen-bond donors (Lipinski definition) is 2. The average Bonchev–Trinajstić information content (AvgIpc) is 3.21. The summed E-state index contributed by atoms with van der Waals surface area (Å²) in [6, 6.07) is 5.46. The number of benzene rings is 2.